The lowest BCUT2D eigenvalue weighted by atomic mass is 10.2. The highest BCUT2D eigenvalue weighted by Gasteiger charge is 2.13. The first-order valence-electron chi connectivity index (χ1n) is 6.69. The van der Waals surface area contributed by atoms with E-state index in [0.717, 1.165) is 0 Å². The van der Waals surface area contributed by atoms with Gasteiger partial charge < -0.3 is 15.0 Å². The number of imidazole rings is 1. The van der Waals surface area contributed by atoms with E-state index in [1.807, 2.05) is 6.92 Å². The van der Waals surface area contributed by atoms with Crippen molar-refractivity contribution < 1.29 is 18.7 Å². The Morgan fingerprint density at radius 1 is 1.45 bits per heavy atom. The van der Waals surface area contributed by atoms with Gasteiger partial charge in [0.1, 0.15) is 5.69 Å². The number of carbonyl (C=O) groups is 1. The summed E-state index contributed by atoms with van der Waals surface area (Å²) in [6, 6.07) is 4.40. The number of halogens is 2. The van der Waals surface area contributed by atoms with E-state index in [2.05, 4.69) is 15.3 Å². The van der Waals surface area contributed by atoms with Crippen LogP contribution in [0.15, 0.2) is 30.6 Å². The lowest BCUT2D eigenvalue weighted by Crippen LogP contribution is -2.31. The average Bonchev–Trinajstić information content (AvgIpc) is 2.93. The van der Waals surface area contributed by atoms with Gasteiger partial charge in [-0.3, -0.25) is 4.98 Å². The van der Waals surface area contributed by atoms with Crippen LogP contribution in [0.1, 0.15) is 35.4 Å². The molecule has 0 aliphatic heterocycles. The second kappa shape index (κ2) is 7.08. The average molecular weight is 310 g/mol. The van der Waals surface area contributed by atoms with Crippen LogP contribution in [0.2, 0.25) is 0 Å². The van der Waals surface area contributed by atoms with Crippen molar-refractivity contribution in [2.45, 2.75) is 32.5 Å². The molecule has 1 atom stereocenters. The van der Waals surface area contributed by atoms with Gasteiger partial charge in [0.05, 0.1) is 5.69 Å². The highest BCUT2D eigenvalue weighted by atomic mass is 19.3. The minimum absolute atomic E-state index is 0.0357. The van der Waals surface area contributed by atoms with Crippen LogP contribution in [0.3, 0.4) is 0 Å². The van der Waals surface area contributed by atoms with Crippen LogP contribution in [0.4, 0.5) is 8.78 Å². The fraction of sp³-hybridized carbons (Fsp3) is 0.357. The first kappa shape index (κ1) is 16.0. The van der Waals surface area contributed by atoms with Crippen LogP contribution in [0.5, 0.6) is 0 Å². The van der Waals surface area contributed by atoms with Gasteiger partial charge in [0, 0.05) is 31.5 Å². The van der Waals surface area contributed by atoms with Crippen LogP contribution in [-0.4, -0.2) is 31.7 Å². The molecule has 1 unspecified atom stereocenters. The molecule has 2 rings (SSSR count). The van der Waals surface area contributed by atoms with Crippen molar-refractivity contribution in [3.63, 3.8) is 0 Å². The van der Waals surface area contributed by atoms with Gasteiger partial charge in [0.25, 0.3) is 6.43 Å². The molecule has 22 heavy (non-hydrogen) atoms. The Balaban J connectivity index is 1.92. The fourth-order valence-electron chi connectivity index (χ4n) is 2.01. The molecule has 0 saturated carbocycles. The van der Waals surface area contributed by atoms with E-state index in [-0.39, 0.29) is 17.6 Å². The van der Waals surface area contributed by atoms with E-state index in [1.54, 1.807) is 12.3 Å². The number of aromatic carboxylic acids is 1. The lowest BCUT2D eigenvalue weighted by molar-refractivity contribution is 0.0677. The Morgan fingerprint density at radius 3 is 2.91 bits per heavy atom. The summed E-state index contributed by atoms with van der Waals surface area (Å²) in [5.41, 5.74) is 0.253. The first-order valence-corrected chi connectivity index (χ1v) is 6.69. The van der Waals surface area contributed by atoms with Crippen molar-refractivity contribution in [3.8, 4) is 0 Å². The molecule has 0 aromatic carbocycles. The molecule has 0 saturated heterocycles. The van der Waals surface area contributed by atoms with Crippen LogP contribution >= 0.6 is 0 Å². The van der Waals surface area contributed by atoms with Crippen LogP contribution < -0.4 is 5.32 Å². The van der Waals surface area contributed by atoms with E-state index >= 15 is 0 Å². The zero-order valence-corrected chi connectivity index (χ0v) is 11.9. The molecule has 8 heteroatoms. The third-order valence-corrected chi connectivity index (χ3v) is 3.06. The Labute approximate surface area is 125 Å². The van der Waals surface area contributed by atoms with E-state index in [9.17, 15) is 13.6 Å². The fourth-order valence-corrected chi connectivity index (χ4v) is 2.01. The zero-order chi connectivity index (χ0) is 16.1. The number of pyridine rings is 1. The molecule has 2 heterocycles. The third kappa shape index (κ3) is 4.08. The van der Waals surface area contributed by atoms with Gasteiger partial charge in [0.2, 0.25) is 5.82 Å². The molecule has 2 aromatic heterocycles. The van der Waals surface area contributed by atoms with E-state index in [4.69, 9.17) is 5.11 Å². The van der Waals surface area contributed by atoms with Crippen molar-refractivity contribution >= 4 is 5.97 Å². The van der Waals surface area contributed by atoms with Crippen molar-refractivity contribution in [2.75, 3.05) is 0 Å². The Hall–Kier alpha value is -2.35. The molecule has 118 valence electrons. The van der Waals surface area contributed by atoms with Crippen molar-refractivity contribution in [1.29, 1.82) is 0 Å². The van der Waals surface area contributed by atoms with Gasteiger partial charge in [-0.05, 0) is 19.1 Å². The van der Waals surface area contributed by atoms with E-state index < -0.39 is 12.4 Å². The van der Waals surface area contributed by atoms with Crippen molar-refractivity contribution in [2.24, 2.45) is 0 Å². The topological polar surface area (TPSA) is 80.0 Å². The number of carboxylic acid groups (broad SMARTS) is 1. The van der Waals surface area contributed by atoms with Gasteiger partial charge in [-0.2, -0.15) is 0 Å². The zero-order valence-electron chi connectivity index (χ0n) is 11.9. The minimum Gasteiger partial charge on any atom is -0.475 e. The van der Waals surface area contributed by atoms with Crippen molar-refractivity contribution in [3.05, 3.63) is 47.8 Å². The van der Waals surface area contributed by atoms with Gasteiger partial charge in [-0.15, -0.1) is 0 Å². The highest BCUT2D eigenvalue weighted by Crippen LogP contribution is 2.15. The SMILES string of the molecule is CC(Cn1ccnc1C(=O)O)NCc1cccc(C(F)F)n1. The summed E-state index contributed by atoms with van der Waals surface area (Å²) >= 11 is 0. The number of aromatic nitrogens is 3. The predicted octanol–water partition coefficient (Wildman–Crippen LogP) is 2.09. The molecule has 0 fully saturated rings. The maximum atomic E-state index is 12.6. The Kier molecular flexibility index (Phi) is 5.16. The molecule has 0 radical (unpaired) electrons. The molecule has 0 aliphatic carbocycles. The maximum Gasteiger partial charge on any atom is 0.372 e. The minimum atomic E-state index is -2.60. The second-order valence-electron chi connectivity index (χ2n) is 4.84. The smallest absolute Gasteiger partial charge is 0.372 e. The molecular formula is C14H16F2N4O2. The summed E-state index contributed by atoms with van der Waals surface area (Å²) in [4.78, 5) is 18.6. The van der Waals surface area contributed by atoms with Crippen LogP contribution in [-0.2, 0) is 13.1 Å². The number of carboxylic acids is 1. The molecule has 6 nitrogen and oxygen atoms in total. The van der Waals surface area contributed by atoms with Crippen LogP contribution in [0.25, 0.3) is 0 Å². The predicted molar refractivity (Wildman–Crippen MR) is 74.7 cm³/mol. The highest BCUT2D eigenvalue weighted by molar-refractivity contribution is 5.83. The monoisotopic (exact) mass is 310 g/mol. The van der Waals surface area contributed by atoms with E-state index in [1.165, 1.54) is 22.9 Å². The summed E-state index contributed by atoms with van der Waals surface area (Å²) in [6.45, 7) is 2.58. The number of nitrogens with one attached hydrogen (secondary N) is 1. The summed E-state index contributed by atoms with van der Waals surface area (Å²) in [5, 5.41) is 12.1. The molecule has 2 N–H and O–H groups in total. The van der Waals surface area contributed by atoms with E-state index in [0.29, 0.717) is 18.8 Å². The molecule has 2 aromatic rings. The van der Waals surface area contributed by atoms with Gasteiger partial charge in [-0.1, -0.05) is 6.07 Å². The first-order chi connectivity index (χ1) is 10.5. The molecule has 0 aliphatic rings. The number of nitrogens with zero attached hydrogens (tertiary/aromatic N) is 3. The number of hydrogen-bond acceptors (Lipinski definition) is 4. The van der Waals surface area contributed by atoms with Gasteiger partial charge in [-0.25, -0.2) is 18.6 Å². The normalized spacial score (nSPS) is 12.5. The molecule has 0 amide bonds. The molecular weight excluding hydrogens is 294 g/mol. The lowest BCUT2D eigenvalue weighted by Gasteiger charge is -2.15. The summed E-state index contributed by atoms with van der Waals surface area (Å²) < 4.78 is 26.7. The quantitative estimate of drug-likeness (QED) is 0.818. The van der Waals surface area contributed by atoms with Crippen LogP contribution in [0, 0.1) is 0 Å². The van der Waals surface area contributed by atoms with Gasteiger partial charge in [0.15, 0.2) is 0 Å². The summed E-state index contributed by atoms with van der Waals surface area (Å²) in [6.07, 6.45) is 0.405. The Bertz CT molecular complexity index is 645. The van der Waals surface area contributed by atoms with Crippen molar-refractivity contribution in [1.82, 2.24) is 19.9 Å². The number of hydrogen-bond donors (Lipinski definition) is 2. The molecule has 0 bridgehead atoms. The summed E-state index contributed by atoms with van der Waals surface area (Å²) in [5.74, 6) is -1.13. The summed E-state index contributed by atoms with van der Waals surface area (Å²) in [7, 11) is 0. The largest absolute Gasteiger partial charge is 0.475 e. The standard InChI is InChI=1S/C14H16F2N4O2/c1-9(8-20-6-5-17-13(20)14(21)22)18-7-10-3-2-4-11(19-10)12(15)16/h2-6,9,12,18H,7-8H2,1H3,(H,21,22). The third-order valence-electron chi connectivity index (χ3n) is 3.06. The Morgan fingerprint density at radius 2 is 2.23 bits per heavy atom. The number of rotatable bonds is 7. The maximum absolute atomic E-state index is 12.6. The number of alkyl halides is 2. The molecule has 0 spiro atoms. The second-order valence-corrected chi connectivity index (χ2v) is 4.84. The van der Waals surface area contributed by atoms with Gasteiger partial charge >= 0.3 is 5.97 Å².